The molecule has 218 valence electrons. The number of aromatic nitrogens is 1. The quantitative estimate of drug-likeness (QED) is 0.343. The molecule has 4 aliphatic rings. The van der Waals surface area contributed by atoms with Crippen LogP contribution in [0.25, 0.3) is 10.9 Å². The molecule has 2 amide bonds. The van der Waals surface area contributed by atoms with Crippen molar-refractivity contribution in [2.24, 2.45) is 17.6 Å². The average molecular weight is 572 g/mol. The molecule has 1 unspecified atom stereocenters. The number of carboxylic acids is 1. The fraction of sp³-hybridized carbons (Fsp3) is 0.500. The normalized spacial score (nSPS) is 24.6. The Hall–Kier alpha value is -3.84. The van der Waals surface area contributed by atoms with Gasteiger partial charge in [-0.15, -0.1) is 0 Å². The Morgan fingerprint density at radius 2 is 1.95 bits per heavy atom. The van der Waals surface area contributed by atoms with Gasteiger partial charge in [-0.1, -0.05) is 0 Å². The lowest BCUT2D eigenvalue weighted by molar-refractivity contribution is -0.161. The maximum Gasteiger partial charge on any atom is 0.352 e. The van der Waals surface area contributed by atoms with Crippen LogP contribution in [-0.2, 0) is 9.59 Å². The number of carbonyl (C=O) groups excluding carboxylic acids is 2. The van der Waals surface area contributed by atoms with Crippen molar-refractivity contribution in [1.82, 2.24) is 14.8 Å². The van der Waals surface area contributed by atoms with Crippen LogP contribution in [0.2, 0.25) is 0 Å². The molecule has 1 aromatic heterocycles. The highest BCUT2D eigenvalue weighted by molar-refractivity contribution is 6.01. The molecule has 13 heteroatoms. The fourth-order valence-corrected chi connectivity index (χ4v) is 6.55. The van der Waals surface area contributed by atoms with E-state index in [-0.39, 0.29) is 58.3 Å². The smallest absolute Gasteiger partial charge is 0.352 e. The molecule has 4 atom stereocenters. The van der Waals surface area contributed by atoms with Crippen LogP contribution in [0.15, 0.2) is 28.3 Å². The van der Waals surface area contributed by atoms with Gasteiger partial charge in [-0.2, -0.15) is 0 Å². The third-order valence-corrected chi connectivity index (χ3v) is 8.79. The van der Waals surface area contributed by atoms with Gasteiger partial charge in [-0.25, -0.2) is 13.6 Å². The van der Waals surface area contributed by atoms with Crippen LogP contribution in [0.4, 0.5) is 14.5 Å². The third kappa shape index (κ3) is 4.29. The Bertz CT molecular complexity index is 1580. The number of aliphatic carboxylic acids is 1. The number of aliphatic hydroxyl groups is 1. The molecule has 5 N–H and O–H groups in total. The van der Waals surface area contributed by atoms with Crippen molar-refractivity contribution in [2.75, 3.05) is 31.1 Å². The van der Waals surface area contributed by atoms with Crippen LogP contribution in [0, 0.1) is 23.5 Å². The summed E-state index contributed by atoms with van der Waals surface area (Å²) >= 11 is 0. The van der Waals surface area contributed by atoms with Crippen molar-refractivity contribution in [3.63, 3.8) is 0 Å². The van der Waals surface area contributed by atoms with E-state index >= 15 is 8.78 Å². The second kappa shape index (κ2) is 9.91. The van der Waals surface area contributed by atoms with E-state index in [1.807, 2.05) is 0 Å². The molecule has 11 nitrogen and oxygen atoms in total. The number of β-lactam (4-membered cyclic amide) rings is 1. The van der Waals surface area contributed by atoms with E-state index in [0.29, 0.717) is 38.9 Å². The zero-order valence-electron chi connectivity index (χ0n) is 22.4. The van der Waals surface area contributed by atoms with Crippen LogP contribution >= 0.6 is 0 Å². The number of hydrogen-bond acceptors (Lipinski definition) is 7. The number of halogens is 2. The summed E-state index contributed by atoms with van der Waals surface area (Å²) in [5.74, 6) is -5.03. The summed E-state index contributed by atoms with van der Waals surface area (Å²) in [5.41, 5.74) is 4.35. The molecule has 1 aliphatic carbocycles. The van der Waals surface area contributed by atoms with Gasteiger partial charge in [0.05, 0.1) is 29.0 Å². The maximum absolute atomic E-state index is 16.0. The number of fused-ring (bicyclic) bond motifs is 2. The van der Waals surface area contributed by atoms with Gasteiger partial charge in [-0.3, -0.25) is 14.4 Å². The first kappa shape index (κ1) is 27.3. The van der Waals surface area contributed by atoms with Gasteiger partial charge in [-0.05, 0) is 56.7 Å². The van der Waals surface area contributed by atoms with E-state index in [9.17, 15) is 29.4 Å². The van der Waals surface area contributed by atoms with Crippen molar-refractivity contribution in [3.05, 3.63) is 51.0 Å². The number of carbonyl (C=O) groups is 3. The number of aliphatic hydroxyl groups excluding tert-OH is 1. The zero-order valence-corrected chi connectivity index (χ0v) is 22.4. The molecule has 1 saturated carbocycles. The van der Waals surface area contributed by atoms with E-state index in [1.165, 1.54) is 17.7 Å². The van der Waals surface area contributed by atoms with E-state index in [1.54, 1.807) is 4.90 Å². The summed E-state index contributed by atoms with van der Waals surface area (Å²) < 4.78 is 32.8. The van der Waals surface area contributed by atoms with Crippen molar-refractivity contribution in [2.45, 2.75) is 50.8 Å². The Kier molecular flexibility index (Phi) is 6.61. The van der Waals surface area contributed by atoms with Crippen LogP contribution in [0.1, 0.15) is 49.0 Å². The summed E-state index contributed by atoms with van der Waals surface area (Å²) in [7, 11) is 0. The number of carboxylic acid groups (broad SMARTS) is 1. The molecule has 2 aromatic rings. The van der Waals surface area contributed by atoms with E-state index < -0.39 is 52.9 Å². The standard InChI is InChI=1S/C28H31F2N5O6/c1-12(36)20-19-6-14(22(28(40)41)35(19)27(20)39)9-32-26(38)17-11-34(15-2-3-15)23-16(25(17)37)7-18(29)24(21(23)30)33-5-4-13(8-31)10-33/h7,11-13,15,19-20,36H,2-6,8-10,31H2,1H3,(H,32,38)(H,40,41)/t12-,13?,19-,20+/m1/s1. The molecule has 6 rings (SSSR count). The second-order valence-corrected chi connectivity index (χ2v) is 11.4. The van der Waals surface area contributed by atoms with Crippen molar-refractivity contribution < 1.29 is 33.4 Å². The average Bonchev–Trinajstić information content (AvgIpc) is 3.56. The minimum absolute atomic E-state index is 0.0552. The largest absolute Gasteiger partial charge is 0.477 e. The first-order valence-electron chi connectivity index (χ1n) is 13.8. The molecule has 0 spiro atoms. The Morgan fingerprint density at radius 3 is 2.56 bits per heavy atom. The minimum Gasteiger partial charge on any atom is -0.477 e. The first-order valence-corrected chi connectivity index (χ1v) is 13.8. The van der Waals surface area contributed by atoms with Gasteiger partial charge in [0.25, 0.3) is 5.91 Å². The van der Waals surface area contributed by atoms with Crippen molar-refractivity contribution >= 4 is 34.4 Å². The molecular weight excluding hydrogens is 540 g/mol. The van der Waals surface area contributed by atoms with E-state index in [2.05, 4.69) is 5.32 Å². The van der Waals surface area contributed by atoms with Gasteiger partial charge < -0.3 is 35.6 Å². The molecule has 0 bridgehead atoms. The van der Waals surface area contributed by atoms with Gasteiger partial charge in [0.2, 0.25) is 11.3 Å². The number of nitrogens with one attached hydrogen (secondary N) is 1. The fourth-order valence-electron chi connectivity index (χ4n) is 6.55. The van der Waals surface area contributed by atoms with Gasteiger partial charge in [0.1, 0.15) is 22.8 Å². The molecule has 3 aliphatic heterocycles. The number of pyridine rings is 1. The number of benzene rings is 1. The summed E-state index contributed by atoms with van der Waals surface area (Å²) in [6.45, 7) is 2.44. The van der Waals surface area contributed by atoms with E-state index in [4.69, 9.17) is 5.73 Å². The lowest BCUT2D eigenvalue weighted by Gasteiger charge is -2.44. The summed E-state index contributed by atoms with van der Waals surface area (Å²) in [6, 6.07) is 0.302. The Morgan fingerprint density at radius 1 is 1.22 bits per heavy atom. The van der Waals surface area contributed by atoms with Gasteiger partial charge >= 0.3 is 5.97 Å². The Labute approximate surface area is 233 Å². The number of nitrogens with zero attached hydrogens (tertiary/aromatic N) is 3. The second-order valence-electron chi connectivity index (χ2n) is 11.4. The summed E-state index contributed by atoms with van der Waals surface area (Å²) in [4.78, 5) is 53.8. The zero-order chi connectivity index (χ0) is 29.3. The monoisotopic (exact) mass is 571 g/mol. The van der Waals surface area contributed by atoms with Gasteiger partial charge in [0.15, 0.2) is 5.82 Å². The van der Waals surface area contributed by atoms with Crippen molar-refractivity contribution in [3.8, 4) is 0 Å². The lowest BCUT2D eigenvalue weighted by atomic mass is 9.83. The number of anilines is 1. The third-order valence-electron chi connectivity index (χ3n) is 8.79. The number of amides is 2. The van der Waals surface area contributed by atoms with Crippen LogP contribution < -0.4 is 21.4 Å². The highest BCUT2D eigenvalue weighted by Gasteiger charge is 2.56. The predicted octanol–water partition coefficient (Wildman–Crippen LogP) is 1.08. The van der Waals surface area contributed by atoms with Crippen LogP contribution in [0.5, 0.6) is 0 Å². The number of hydrogen-bond donors (Lipinski definition) is 4. The summed E-state index contributed by atoms with van der Waals surface area (Å²) in [6.07, 6.45) is 2.59. The van der Waals surface area contributed by atoms with Gasteiger partial charge in [0, 0.05) is 31.9 Å². The number of nitrogens with two attached hydrogens (primary N) is 1. The molecule has 41 heavy (non-hydrogen) atoms. The van der Waals surface area contributed by atoms with E-state index in [0.717, 1.165) is 11.0 Å². The number of rotatable bonds is 8. The first-order chi connectivity index (χ1) is 19.5. The Balaban J connectivity index is 1.32. The maximum atomic E-state index is 16.0. The topological polar surface area (TPSA) is 158 Å². The lowest BCUT2D eigenvalue weighted by Crippen LogP contribution is -2.61. The van der Waals surface area contributed by atoms with Crippen LogP contribution in [-0.4, -0.2) is 75.8 Å². The van der Waals surface area contributed by atoms with Crippen LogP contribution in [0.3, 0.4) is 0 Å². The summed E-state index contributed by atoms with van der Waals surface area (Å²) in [5, 5.41) is 21.9. The highest BCUT2D eigenvalue weighted by atomic mass is 19.1. The molecule has 2 saturated heterocycles. The molecular formula is C28H31F2N5O6. The minimum atomic E-state index is -1.34. The molecule has 3 fully saturated rings. The predicted molar refractivity (Wildman–Crippen MR) is 143 cm³/mol. The molecule has 4 heterocycles. The molecule has 0 radical (unpaired) electrons. The SMILES string of the molecule is C[C@@H](O)[C@@H]1C(=O)N2C(C(=O)O)=C(CNC(=O)c3cn(C4CC4)c4c(F)c(N5CCC(CN)C5)c(F)cc4c3=O)C[C@H]12. The molecule has 1 aromatic carbocycles. The van der Waals surface area contributed by atoms with Crippen molar-refractivity contribution in [1.29, 1.82) is 0 Å². The highest BCUT2D eigenvalue weighted by Crippen LogP contribution is 2.44.